The van der Waals surface area contributed by atoms with E-state index < -0.39 is 23.7 Å². The highest BCUT2D eigenvalue weighted by molar-refractivity contribution is 6.03. The van der Waals surface area contributed by atoms with Crippen LogP contribution in [0, 0.1) is 19.7 Å². The van der Waals surface area contributed by atoms with Gasteiger partial charge in [-0.05, 0) is 44.0 Å². The molecule has 0 radical (unpaired) electrons. The zero-order valence-electron chi connectivity index (χ0n) is 14.8. The van der Waals surface area contributed by atoms with E-state index in [-0.39, 0.29) is 22.8 Å². The van der Waals surface area contributed by atoms with Gasteiger partial charge in [-0.3, -0.25) is 9.59 Å². The topological polar surface area (TPSA) is 108 Å². The number of carbonyl (C=O) groups excluding carboxylic acids is 2. The molecule has 0 saturated heterocycles. The molecule has 138 valence electrons. The minimum absolute atomic E-state index is 0.0360. The first-order valence-electron chi connectivity index (χ1n) is 7.74. The number of carbonyl (C=O) groups is 3. The number of benzene rings is 1. The van der Waals surface area contributed by atoms with Crippen molar-refractivity contribution in [1.29, 1.82) is 0 Å². The van der Waals surface area contributed by atoms with Crippen LogP contribution in [0.1, 0.15) is 50.6 Å². The zero-order chi connectivity index (χ0) is 19.6. The largest absolute Gasteiger partial charge is 0.494 e. The SMILES string of the molecule is COc1ccc(C(NC(=O)c2[nH]c(C)c(C(C)=O)c2C)C(=O)O)cc1F. The summed E-state index contributed by atoms with van der Waals surface area (Å²) >= 11 is 0. The number of ketones is 1. The first kappa shape index (κ1) is 19.2. The molecule has 7 nitrogen and oxygen atoms in total. The molecule has 1 aromatic carbocycles. The number of aryl methyl sites for hydroxylation is 1. The number of amides is 1. The van der Waals surface area contributed by atoms with Crippen LogP contribution in [0.4, 0.5) is 4.39 Å². The molecule has 2 aromatic rings. The normalized spacial score (nSPS) is 11.7. The number of carboxylic acids is 1. The van der Waals surface area contributed by atoms with Crippen molar-refractivity contribution in [2.45, 2.75) is 26.8 Å². The van der Waals surface area contributed by atoms with Crippen molar-refractivity contribution in [3.05, 3.63) is 52.1 Å². The molecule has 26 heavy (non-hydrogen) atoms. The van der Waals surface area contributed by atoms with Crippen molar-refractivity contribution in [2.24, 2.45) is 0 Å². The number of halogens is 1. The Morgan fingerprint density at radius 3 is 2.38 bits per heavy atom. The summed E-state index contributed by atoms with van der Waals surface area (Å²) in [5.74, 6) is -3.04. The molecular weight excluding hydrogens is 343 g/mol. The van der Waals surface area contributed by atoms with Gasteiger partial charge >= 0.3 is 5.97 Å². The predicted molar refractivity (Wildman–Crippen MR) is 91.1 cm³/mol. The molecule has 0 spiro atoms. The second-order valence-electron chi connectivity index (χ2n) is 5.82. The van der Waals surface area contributed by atoms with Crippen LogP contribution in [0.3, 0.4) is 0 Å². The number of nitrogens with one attached hydrogen (secondary N) is 2. The zero-order valence-corrected chi connectivity index (χ0v) is 14.8. The van der Waals surface area contributed by atoms with Crippen molar-refractivity contribution >= 4 is 17.7 Å². The molecule has 1 heterocycles. The second kappa shape index (κ2) is 7.38. The number of aliphatic carboxylic acids is 1. The van der Waals surface area contributed by atoms with Crippen LogP contribution in [0.2, 0.25) is 0 Å². The molecule has 0 aliphatic heterocycles. The van der Waals surface area contributed by atoms with E-state index in [0.29, 0.717) is 16.8 Å². The van der Waals surface area contributed by atoms with Crippen LogP contribution in [0.25, 0.3) is 0 Å². The van der Waals surface area contributed by atoms with E-state index in [2.05, 4.69) is 10.3 Å². The molecule has 0 fully saturated rings. The quantitative estimate of drug-likeness (QED) is 0.684. The van der Waals surface area contributed by atoms with E-state index in [9.17, 15) is 23.9 Å². The Balaban J connectivity index is 2.35. The first-order valence-corrected chi connectivity index (χ1v) is 7.74. The van der Waals surface area contributed by atoms with Gasteiger partial charge < -0.3 is 20.1 Å². The van der Waals surface area contributed by atoms with Crippen LogP contribution in [-0.4, -0.2) is 34.9 Å². The van der Waals surface area contributed by atoms with Crippen LogP contribution < -0.4 is 10.1 Å². The van der Waals surface area contributed by atoms with Crippen molar-refractivity contribution in [3.8, 4) is 5.75 Å². The number of methoxy groups -OCH3 is 1. The number of aromatic nitrogens is 1. The van der Waals surface area contributed by atoms with E-state index in [4.69, 9.17) is 4.74 Å². The molecule has 1 atom stereocenters. The molecule has 2 rings (SSSR count). The fourth-order valence-electron chi connectivity index (χ4n) is 2.86. The molecule has 0 bridgehead atoms. The van der Waals surface area contributed by atoms with Gasteiger partial charge in [-0.1, -0.05) is 6.07 Å². The summed E-state index contributed by atoms with van der Waals surface area (Å²) in [6, 6.07) is 2.16. The van der Waals surface area contributed by atoms with Gasteiger partial charge in [0, 0.05) is 11.3 Å². The van der Waals surface area contributed by atoms with Crippen molar-refractivity contribution in [3.63, 3.8) is 0 Å². The lowest BCUT2D eigenvalue weighted by Crippen LogP contribution is -2.34. The number of H-pyrrole nitrogens is 1. The molecule has 0 saturated carbocycles. The smallest absolute Gasteiger partial charge is 0.330 e. The van der Waals surface area contributed by atoms with E-state index in [1.54, 1.807) is 13.8 Å². The highest BCUT2D eigenvalue weighted by Gasteiger charge is 2.27. The minimum atomic E-state index is -1.47. The van der Waals surface area contributed by atoms with Gasteiger partial charge in [0.05, 0.1) is 7.11 Å². The van der Waals surface area contributed by atoms with Gasteiger partial charge in [-0.25, -0.2) is 9.18 Å². The first-order chi connectivity index (χ1) is 12.2. The summed E-state index contributed by atoms with van der Waals surface area (Å²) in [6.45, 7) is 4.62. The average molecular weight is 362 g/mol. The van der Waals surface area contributed by atoms with Crippen LogP contribution in [0.5, 0.6) is 5.75 Å². The van der Waals surface area contributed by atoms with Crippen LogP contribution >= 0.6 is 0 Å². The van der Waals surface area contributed by atoms with Gasteiger partial charge in [0.1, 0.15) is 5.69 Å². The van der Waals surface area contributed by atoms with Crippen molar-refractivity contribution in [2.75, 3.05) is 7.11 Å². The Hall–Kier alpha value is -3.16. The lowest BCUT2D eigenvalue weighted by atomic mass is 10.0. The molecular formula is C18H19FN2O5. The van der Waals surface area contributed by atoms with Gasteiger partial charge in [0.2, 0.25) is 0 Å². The second-order valence-corrected chi connectivity index (χ2v) is 5.82. The third-order valence-corrected chi connectivity index (χ3v) is 4.05. The summed E-state index contributed by atoms with van der Waals surface area (Å²) in [6.07, 6.45) is 0. The monoisotopic (exact) mass is 362 g/mol. The molecule has 8 heteroatoms. The van der Waals surface area contributed by atoms with E-state index in [1.807, 2.05) is 0 Å². The number of rotatable bonds is 6. The van der Waals surface area contributed by atoms with Crippen LogP contribution in [-0.2, 0) is 4.79 Å². The third-order valence-electron chi connectivity index (χ3n) is 4.05. The maximum Gasteiger partial charge on any atom is 0.330 e. The maximum absolute atomic E-state index is 13.9. The Labute approximate surface area is 149 Å². The number of Topliss-reactive ketones (excluding diaryl/α,β-unsaturated/α-hetero) is 1. The summed E-state index contributed by atoms with van der Waals surface area (Å²) < 4.78 is 18.7. The Morgan fingerprint density at radius 1 is 1.27 bits per heavy atom. The Morgan fingerprint density at radius 2 is 1.92 bits per heavy atom. The van der Waals surface area contributed by atoms with Crippen molar-refractivity contribution < 1.29 is 28.6 Å². The summed E-state index contributed by atoms with van der Waals surface area (Å²) in [5.41, 5.74) is 1.47. The number of hydrogen-bond donors (Lipinski definition) is 3. The highest BCUT2D eigenvalue weighted by atomic mass is 19.1. The standard InChI is InChI=1S/C18H19FN2O5/c1-8-14(10(3)22)9(2)20-15(8)17(23)21-16(18(24)25)11-5-6-13(26-4)12(19)7-11/h5-7,16,20H,1-4H3,(H,21,23)(H,24,25). The number of aromatic amines is 1. The maximum atomic E-state index is 13.9. The van der Waals surface area contributed by atoms with E-state index >= 15 is 0 Å². The number of carboxylic acid groups (broad SMARTS) is 1. The van der Waals surface area contributed by atoms with E-state index in [0.717, 1.165) is 6.07 Å². The van der Waals surface area contributed by atoms with Gasteiger partial charge in [-0.15, -0.1) is 0 Å². The van der Waals surface area contributed by atoms with Gasteiger partial charge in [-0.2, -0.15) is 0 Å². The molecule has 1 aromatic heterocycles. The van der Waals surface area contributed by atoms with Gasteiger partial charge in [0.15, 0.2) is 23.4 Å². The summed E-state index contributed by atoms with van der Waals surface area (Å²) in [5, 5.41) is 11.8. The Kier molecular flexibility index (Phi) is 5.44. The molecule has 1 unspecified atom stereocenters. The average Bonchev–Trinajstić information content (AvgIpc) is 2.86. The molecule has 3 N–H and O–H groups in total. The lowest BCUT2D eigenvalue weighted by Gasteiger charge is -2.15. The fourth-order valence-corrected chi connectivity index (χ4v) is 2.86. The predicted octanol–water partition coefficient (Wildman–Crippen LogP) is 2.54. The molecule has 0 aliphatic carbocycles. The summed E-state index contributed by atoms with van der Waals surface area (Å²) in [7, 11) is 1.29. The van der Waals surface area contributed by atoms with Crippen molar-refractivity contribution in [1.82, 2.24) is 10.3 Å². The lowest BCUT2D eigenvalue weighted by molar-refractivity contribution is -0.139. The minimum Gasteiger partial charge on any atom is -0.494 e. The van der Waals surface area contributed by atoms with Gasteiger partial charge in [0.25, 0.3) is 5.91 Å². The third kappa shape index (κ3) is 3.58. The number of ether oxygens (including phenoxy) is 1. The molecule has 0 aliphatic rings. The van der Waals surface area contributed by atoms with Crippen LogP contribution in [0.15, 0.2) is 18.2 Å². The number of hydrogen-bond acceptors (Lipinski definition) is 4. The Bertz CT molecular complexity index is 888. The fraction of sp³-hybridized carbons (Fsp3) is 0.278. The van der Waals surface area contributed by atoms with E-state index in [1.165, 1.54) is 26.2 Å². The molecule has 1 amide bonds. The highest BCUT2D eigenvalue weighted by Crippen LogP contribution is 2.24. The summed E-state index contributed by atoms with van der Waals surface area (Å²) in [4.78, 5) is 38.6.